The maximum atomic E-state index is 12.2. The van der Waals surface area contributed by atoms with Crippen LogP contribution >= 0.6 is 0 Å². The summed E-state index contributed by atoms with van der Waals surface area (Å²) in [5.74, 6) is 0.184. The molecule has 1 saturated carbocycles. The van der Waals surface area contributed by atoms with Crippen LogP contribution in [0.5, 0.6) is 0 Å². The number of aromatic nitrogens is 1. The van der Waals surface area contributed by atoms with Gasteiger partial charge in [-0.05, 0) is 45.4 Å². The molecule has 0 aliphatic heterocycles. The molecule has 0 aromatic carbocycles. The maximum absolute atomic E-state index is 12.2. The van der Waals surface area contributed by atoms with Gasteiger partial charge < -0.3 is 5.32 Å². The lowest BCUT2D eigenvalue weighted by atomic mass is 9.72. The summed E-state index contributed by atoms with van der Waals surface area (Å²) in [6.07, 6.45) is 4.69. The Morgan fingerprint density at radius 1 is 1.47 bits per heavy atom. The molecule has 1 aromatic heterocycles. The van der Waals surface area contributed by atoms with E-state index in [9.17, 15) is 4.79 Å². The first kappa shape index (κ1) is 10.3. The Balaban J connectivity index is 2.24. The Morgan fingerprint density at radius 3 is 2.60 bits per heavy atom. The Labute approximate surface area is 89.9 Å². The summed E-state index contributed by atoms with van der Waals surface area (Å²) >= 11 is 0. The monoisotopic (exact) mass is 204 g/mol. The van der Waals surface area contributed by atoms with Crippen molar-refractivity contribution in [3.05, 3.63) is 29.6 Å². The largest absolute Gasteiger partial charge is 0.308 e. The summed E-state index contributed by atoms with van der Waals surface area (Å²) in [6.45, 7) is 1.92. The average molecular weight is 204 g/mol. The van der Waals surface area contributed by atoms with E-state index >= 15 is 0 Å². The zero-order valence-corrected chi connectivity index (χ0v) is 9.21. The van der Waals surface area contributed by atoms with Gasteiger partial charge in [-0.3, -0.25) is 9.78 Å². The van der Waals surface area contributed by atoms with E-state index in [0.29, 0.717) is 0 Å². The van der Waals surface area contributed by atoms with Crippen LogP contribution in [-0.4, -0.2) is 23.4 Å². The minimum Gasteiger partial charge on any atom is -0.308 e. The molecule has 1 N–H and O–H groups in total. The molecular formula is C12H16N2O. The fraction of sp³-hybridized carbons (Fsp3) is 0.500. The van der Waals surface area contributed by atoms with Crippen molar-refractivity contribution in [3.63, 3.8) is 0 Å². The fourth-order valence-electron chi connectivity index (χ4n) is 2.00. The van der Waals surface area contributed by atoms with Crippen LogP contribution in [0.2, 0.25) is 0 Å². The minimum atomic E-state index is -0.309. The van der Waals surface area contributed by atoms with Gasteiger partial charge in [0.05, 0.1) is 5.54 Å². The van der Waals surface area contributed by atoms with Gasteiger partial charge in [-0.2, -0.15) is 0 Å². The SMILES string of the molecule is CNC1(C(=O)c2ccc(C)nc2)CCC1. The van der Waals surface area contributed by atoms with Crippen molar-refractivity contribution in [3.8, 4) is 0 Å². The van der Waals surface area contributed by atoms with E-state index in [1.165, 1.54) is 0 Å². The lowest BCUT2D eigenvalue weighted by molar-refractivity contribution is 0.0745. The van der Waals surface area contributed by atoms with Gasteiger partial charge in [-0.1, -0.05) is 0 Å². The zero-order valence-electron chi connectivity index (χ0n) is 9.21. The Morgan fingerprint density at radius 2 is 2.20 bits per heavy atom. The molecule has 3 heteroatoms. The molecule has 0 unspecified atom stereocenters. The predicted octanol–water partition coefficient (Wildman–Crippen LogP) is 1.71. The Hall–Kier alpha value is -1.22. The first-order valence-corrected chi connectivity index (χ1v) is 5.34. The van der Waals surface area contributed by atoms with Crippen LogP contribution in [0.1, 0.15) is 35.3 Å². The molecule has 1 aromatic rings. The first-order valence-electron chi connectivity index (χ1n) is 5.34. The van der Waals surface area contributed by atoms with Crippen molar-refractivity contribution in [2.45, 2.75) is 31.7 Å². The average Bonchev–Trinajstić information content (AvgIpc) is 2.18. The number of carbonyl (C=O) groups excluding carboxylic acids is 1. The van der Waals surface area contributed by atoms with E-state index in [-0.39, 0.29) is 11.3 Å². The molecule has 1 heterocycles. The van der Waals surface area contributed by atoms with E-state index in [2.05, 4.69) is 10.3 Å². The summed E-state index contributed by atoms with van der Waals surface area (Å²) < 4.78 is 0. The second-order valence-electron chi connectivity index (χ2n) is 4.20. The third kappa shape index (κ3) is 1.67. The second-order valence-corrected chi connectivity index (χ2v) is 4.20. The number of nitrogens with one attached hydrogen (secondary N) is 1. The number of likely N-dealkylation sites (N-methyl/N-ethyl adjacent to an activating group) is 1. The lowest BCUT2D eigenvalue weighted by Crippen LogP contribution is -2.55. The minimum absolute atomic E-state index is 0.184. The number of pyridine rings is 1. The molecule has 0 amide bonds. The van der Waals surface area contributed by atoms with Crippen LogP contribution in [0.4, 0.5) is 0 Å². The third-order valence-electron chi connectivity index (χ3n) is 3.29. The number of aryl methyl sites for hydroxylation is 1. The van der Waals surface area contributed by atoms with Crippen LogP contribution < -0.4 is 5.32 Å². The van der Waals surface area contributed by atoms with E-state index in [1.807, 2.05) is 26.1 Å². The molecule has 0 spiro atoms. The van der Waals surface area contributed by atoms with Crippen molar-refractivity contribution < 1.29 is 4.79 Å². The summed E-state index contributed by atoms with van der Waals surface area (Å²) in [6, 6.07) is 3.75. The van der Waals surface area contributed by atoms with Crippen molar-refractivity contribution >= 4 is 5.78 Å². The van der Waals surface area contributed by atoms with Gasteiger partial charge in [0.1, 0.15) is 0 Å². The van der Waals surface area contributed by atoms with Gasteiger partial charge >= 0.3 is 0 Å². The van der Waals surface area contributed by atoms with Gasteiger partial charge in [0.2, 0.25) is 0 Å². The summed E-state index contributed by atoms with van der Waals surface area (Å²) in [4.78, 5) is 16.3. The van der Waals surface area contributed by atoms with E-state index in [0.717, 1.165) is 30.5 Å². The zero-order chi connectivity index (χ0) is 10.9. The van der Waals surface area contributed by atoms with Crippen molar-refractivity contribution in [2.75, 3.05) is 7.05 Å². The highest BCUT2D eigenvalue weighted by atomic mass is 16.1. The number of Topliss-reactive ketones (excluding diaryl/α,β-unsaturated/α-hetero) is 1. The lowest BCUT2D eigenvalue weighted by Gasteiger charge is -2.40. The normalized spacial score (nSPS) is 18.3. The predicted molar refractivity (Wildman–Crippen MR) is 58.9 cm³/mol. The number of hydrogen-bond donors (Lipinski definition) is 1. The second kappa shape index (κ2) is 3.74. The molecule has 0 bridgehead atoms. The standard InChI is InChI=1S/C12H16N2O/c1-9-4-5-10(8-14-9)11(15)12(13-2)6-3-7-12/h4-5,8,13H,3,6-7H2,1-2H3. The van der Waals surface area contributed by atoms with E-state index < -0.39 is 0 Å². The van der Waals surface area contributed by atoms with Crippen LogP contribution in [0, 0.1) is 6.92 Å². The number of rotatable bonds is 3. The third-order valence-corrected chi connectivity index (χ3v) is 3.29. The fourth-order valence-corrected chi connectivity index (χ4v) is 2.00. The summed E-state index contributed by atoms with van der Waals surface area (Å²) in [5, 5.41) is 3.15. The molecule has 1 aliphatic carbocycles. The molecular weight excluding hydrogens is 188 g/mol. The quantitative estimate of drug-likeness (QED) is 0.762. The van der Waals surface area contributed by atoms with E-state index in [4.69, 9.17) is 0 Å². The molecule has 0 saturated heterocycles. The Kier molecular flexibility index (Phi) is 2.57. The van der Waals surface area contributed by atoms with Crippen LogP contribution in [-0.2, 0) is 0 Å². The number of ketones is 1. The van der Waals surface area contributed by atoms with Crippen molar-refractivity contribution in [2.24, 2.45) is 0 Å². The number of carbonyl (C=O) groups is 1. The smallest absolute Gasteiger partial charge is 0.184 e. The molecule has 1 aliphatic rings. The molecule has 0 atom stereocenters. The topological polar surface area (TPSA) is 42.0 Å². The van der Waals surface area contributed by atoms with Crippen molar-refractivity contribution in [1.29, 1.82) is 0 Å². The summed E-state index contributed by atoms with van der Waals surface area (Å²) in [7, 11) is 1.86. The molecule has 0 radical (unpaired) electrons. The maximum Gasteiger partial charge on any atom is 0.184 e. The first-order chi connectivity index (χ1) is 7.18. The number of nitrogens with zero attached hydrogens (tertiary/aromatic N) is 1. The van der Waals surface area contributed by atoms with Crippen LogP contribution in [0.25, 0.3) is 0 Å². The molecule has 80 valence electrons. The van der Waals surface area contributed by atoms with E-state index in [1.54, 1.807) is 6.20 Å². The highest BCUT2D eigenvalue weighted by molar-refractivity contribution is 6.03. The van der Waals surface area contributed by atoms with Gasteiger partial charge in [-0.15, -0.1) is 0 Å². The van der Waals surface area contributed by atoms with Gasteiger partial charge in [0.25, 0.3) is 0 Å². The van der Waals surface area contributed by atoms with Crippen molar-refractivity contribution in [1.82, 2.24) is 10.3 Å². The van der Waals surface area contributed by atoms with Gasteiger partial charge in [-0.25, -0.2) is 0 Å². The molecule has 3 nitrogen and oxygen atoms in total. The molecule has 15 heavy (non-hydrogen) atoms. The van der Waals surface area contributed by atoms with Gasteiger partial charge in [0.15, 0.2) is 5.78 Å². The Bertz CT molecular complexity index is 360. The number of hydrogen-bond acceptors (Lipinski definition) is 3. The highest BCUT2D eigenvalue weighted by Gasteiger charge is 2.42. The van der Waals surface area contributed by atoms with Crippen LogP contribution in [0.3, 0.4) is 0 Å². The summed E-state index contributed by atoms with van der Waals surface area (Å²) in [5.41, 5.74) is 1.35. The molecule has 2 rings (SSSR count). The van der Waals surface area contributed by atoms with Crippen LogP contribution in [0.15, 0.2) is 18.3 Å². The van der Waals surface area contributed by atoms with Gasteiger partial charge in [0, 0.05) is 17.5 Å². The molecule has 1 fully saturated rings. The highest BCUT2D eigenvalue weighted by Crippen LogP contribution is 2.34.